The zero-order chi connectivity index (χ0) is 14.1. The molecule has 0 fully saturated rings. The molecule has 0 N–H and O–H groups in total. The number of benzene rings is 2. The number of rotatable bonds is 3. The summed E-state index contributed by atoms with van der Waals surface area (Å²) in [5.41, 5.74) is 2.11. The minimum atomic E-state index is -0.194. The number of hydrogen-bond donors (Lipinski definition) is 0. The van der Waals surface area contributed by atoms with Gasteiger partial charge in [-0.2, -0.15) is 0 Å². The predicted octanol–water partition coefficient (Wildman–Crippen LogP) is 3.29. The summed E-state index contributed by atoms with van der Waals surface area (Å²) in [6, 6.07) is 14.8. The Morgan fingerprint density at radius 3 is 2.15 bits per heavy atom. The van der Waals surface area contributed by atoms with Gasteiger partial charge in [-0.15, -0.1) is 0 Å². The van der Waals surface area contributed by atoms with E-state index in [-0.39, 0.29) is 11.8 Å². The molecule has 0 radical (unpaired) electrons. The van der Waals surface area contributed by atoms with Crippen LogP contribution in [0.15, 0.2) is 53.0 Å². The maximum atomic E-state index is 12.2. The molecular weight excluding hydrogens is 318 g/mol. The standard InChI is InChI=1S/C16H12BrNO2/c17-12-5-3-4-11(10-12)8-9-18-15(19)13-6-1-2-7-14(13)16(18)20/h1-7,10H,8-9H2. The molecule has 1 aliphatic heterocycles. The fourth-order valence-electron chi connectivity index (χ4n) is 2.38. The lowest BCUT2D eigenvalue weighted by atomic mass is 10.1. The van der Waals surface area contributed by atoms with Gasteiger partial charge >= 0.3 is 0 Å². The highest BCUT2D eigenvalue weighted by molar-refractivity contribution is 9.10. The molecule has 4 heteroatoms. The Morgan fingerprint density at radius 1 is 0.900 bits per heavy atom. The summed E-state index contributed by atoms with van der Waals surface area (Å²) >= 11 is 3.42. The molecular formula is C16H12BrNO2. The van der Waals surface area contributed by atoms with Crippen molar-refractivity contribution in [2.75, 3.05) is 6.54 Å². The van der Waals surface area contributed by atoms with Gasteiger partial charge in [-0.25, -0.2) is 0 Å². The van der Waals surface area contributed by atoms with Gasteiger partial charge < -0.3 is 0 Å². The molecule has 20 heavy (non-hydrogen) atoms. The van der Waals surface area contributed by atoms with Crippen molar-refractivity contribution in [3.63, 3.8) is 0 Å². The third-order valence-corrected chi connectivity index (χ3v) is 3.88. The molecule has 100 valence electrons. The molecule has 0 atom stereocenters. The molecule has 0 spiro atoms. The monoisotopic (exact) mass is 329 g/mol. The van der Waals surface area contributed by atoms with Crippen LogP contribution in [0.4, 0.5) is 0 Å². The van der Waals surface area contributed by atoms with Crippen molar-refractivity contribution in [3.8, 4) is 0 Å². The van der Waals surface area contributed by atoms with Gasteiger partial charge in [-0.1, -0.05) is 40.2 Å². The number of halogens is 1. The van der Waals surface area contributed by atoms with Gasteiger partial charge in [0.1, 0.15) is 0 Å². The maximum absolute atomic E-state index is 12.2. The summed E-state index contributed by atoms with van der Waals surface area (Å²) in [4.78, 5) is 25.7. The predicted molar refractivity (Wildman–Crippen MR) is 79.7 cm³/mol. The first-order valence-corrected chi connectivity index (χ1v) is 7.16. The highest BCUT2D eigenvalue weighted by atomic mass is 79.9. The van der Waals surface area contributed by atoms with Crippen LogP contribution in [0.3, 0.4) is 0 Å². The molecule has 1 aliphatic rings. The first-order valence-electron chi connectivity index (χ1n) is 6.36. The van der Waals surface area contributed by atoms with Crippen LogP contribution in [0.1, 0.15) is 26.3 Å². The normalized spacial score (nSPS) is 13.8. The Morgan fingerprint density at radius 2 is 1.55 bits per heavy atom. The zero-order valence-electron chi connectivity index (χ0n) is 10.7. The van der Waals surface area contributed by atoms with Gasteiger partial charge in [0.2, 0.25) is 0 Å². The van der Waals surface area contributed by atoms with Gasteiger partial charge in [-0.05, 0) is 36.2 Å². The number of hydrogen-bond acceptors (Lipinski definition) is 2. The third kappa shape index (κ3) is 2.27. The molecule has 2 amide bonds. The molecule has 2 aromatic rings. The largest absolute Gasteiger partial charge is 0.274 e. The Balaban J connectivity index is 1.77. The first kappa shape index (κ1) is 13.1. The minimum Gasteiger partial charge on any atom is -0.274 e. The lowest BCUT2D eigenvalue weighted by Crippen LogP contribution is -2.31. The van der Waals surface area contributed by atoms with Crippen LogP contribution in [-0.2, 0) is 6.42 Å². The van der Waals surface area contributed by atoms with Gasteiger partial charge in [-0.3, -0.25) is 14.5 Å². The Labute approximate surface area is 125 Å². The third-order valence-electron chi connectivity index (χ3n) is 3.39. The summed E-state index contributed by atoms with van der Waals surface area (Å²) in [6.07, 6.45) is 0.658. The topological polar surface area (TPSA) is 37.4 Å². The van der Waals surface area contributed by atoms with Crippen LogP contribution in [0, 0.1) is 0 Å². The van der Waals surface area contributed by atoms with Crippen molar-refractivity contribution in [1.29, 1.82) is 0 Å². The fraction of sp³-hybridized carbons (Fsp3) is 0.125. The smallest absolute Gasteiger partial charge is 0.261 e. The van der Waals surface area contributed by atoms with Crippen LogP contribution in [-0.4, -0.2) is 23.3 Å². The van der Waals surface area contributed by atoms with Crippen molar-refractivity contribution in [1.82, 2.24) is 4.90 Å². The van der Waals surface area contributed by atoms with E-state index in [4.69, 9.17) is 0 Å². The molecule has 0 aromatic heterocycles. The Hall–Kier alpha value is -1.94. The lowest BCUT2D eigenvalue weighted by Gasteiger charge is -2.13. The number of imide groups is 1. The van der Waals surface area contributed by atoms with Crippen LogP contribution < -0.4 is 0 Å². The average molecular weight is 330 g/mol. The Bertz CT molecular complexity index is 661. The molecule has 1 heterocycles. The van der Waals surface area contributed by atoms with Gasteiger partial charge in [0.05, 0.1) is 11.1 Å². The van der Waals surface area contributed by atoms with Gasteiger partial charge in [0.25, 0.3) is 11.8 Å². The average Bonchev–Trinajstić information content (AvgIpc) is 2.70. The molecule has 0 saturated heterocycles. The highest BCUT2D eigenvalue weighted by Crippen LogP contribution is 2.22. The summed E-state index contributed by atoms with van der Waals surface area (Å²) in [6.45, 7) is 0.406. The summed E-state index contributed by atoms with van der Waals surface area (Å²) in [5, 5.41) is 0. The Kier molecular flexibility index (Phi) is 3.40. The van der Waals surface area contributed by atoms with Crippen molar-refractivity contribution < 1.29 is 9.59 Å². The van der Waals surface area contributed by atoms with E-state index in [2.05, 4.69) is 15.9 Å². The fourth-order valence-corrected chi connectivity index (χ4v) is 2.82. The number of nitrogens with zero attached hydrogens (tertiary/aromatic N) is 1. The van der Waals surface area contributed by atoms with E-state index in [0.29, 0.717) is 24.1 Å². The van der Waals surface area contributed by atoms with Crippen LogP contribution in [0.2, 0.25) is 0 Å². The lowest BCUT2D eigenvalue weighted by molar-refractivity contribution is 0.0656. The maximum Gasteiger partial charge on any atom is 0.261 e. The van der Waals surface area contributed by atoms with E-state index in [9.17, 15) is 9.59 Å². The number of fused-ring (bicyclic) bond motifs is 1. The van der Waals surface area contributed by atoms with E-state index in [1.807, 2.05) is 24.3 Å². The SMILES string of the molecule is O=C1c2ccccc2C(=O)N1CCc1cccc(Br)c1. The molecule has 0 bridgehead atoms. The van der Waals surface area contributed by atoms with Crippen molar-refractivity contribution in [2.24, 2.45) is 0 Å². The first-order chi connectivity index (χ1) is 9.66. The molecule has 2 aromatic carbocycles. The van der Waals surface area contributed by atoms with Crippen molar-refractivity contribution in [2.45, 2.75) is 6.42 Å². The van der Waals surface area contributed by atoms with E-state index in [1.54, 1.807) is 24.3 Å². The number of carbonyl (C=O) groups is 2. The second kappa shape index (κ2) is 5.21. The van der Waals surface area contributed by atoms with Gasteiger partial charge in [0, 0.05) is 11.0 Å². The zero-order valence-corrected chi connectivity index (χ0v) is 12.3. The molecule has 3 nitrogen and oxygen atoms in total. The molecule has 3 rings (SSSR count). The van der Waals surface area contributed by atoms with Crippen LogP contribution in [0.5, 0.6) is 0 Å². The molecule has 0 saturated carbocycles. The second-order valence-corrected chi connectivity index (χ2v) is 5.60. The van der Waals surface area contributed by atoms with Crippen molar-refractivity contribution >= 4 is 27.7 Å². The molecule has 0 unspecified atom stereocenters. The van der Waals surface area contributed by atoms with Crippen molar-refractivity contribution in [3.05, 3.63) is 69.7 Å². The minimum absolute atomic E-state index is 0.194. The number of amides is 2. The van der Waals surface area contributed by atoms with E-state index in [1.165, 1.54) is 4.90 Å². The van der Waals surface area contributed by atoms with Crippen LogP contribution in [0.25, 0.3) is 0 Å². The highest BCUT2D eigenvalue weighted by Gasteiger charge is 2.34. The summed E-state index contributed by atoms with van der Waals surface area (Å²) in [7, 11) is 0. The van der Waals surface area contributed by atoms with E-state index >= 15 is 0 Å². The summed E-state index contributed by atoms with van der Waals surface area (Å²) < 4.78 is 0.998. The molecule has 0 aliphatic carbocycles. The summed E-state index contributed by atoms with van der Waals surface area (Å²) in [5.74, 6) is -0.388. The second-order valence-electron chi connectivity index (χ2n) is 4.69. The number of carbonyl (C=O) groups excluding carboxylic acids is 2. The van der Waals surface area contributed by atoms with Crippen LogP contribution >= 0.6 is 15.9 Å². The quantitative estimate of drug-likeness (QED) is 0.810. The van der Waals surface area contributed by atoms with Gasteiger partial charge in [0.15, 0.2) is 0 Å². The van der Waals surface area contributed by atoms with E-state index < -0.39 is 0 Å². The van der Waals surface area contributed by atoms with E-state index in [0.717, 1.165) is 10.0 Å².